The topological polar surface area (TPSA) is 54.7 Å². The maximum Gasteiger partial charge on any atom is 0.275 e. The Balaban J connectivity index is 1.73. The highest BCUT2D eigenvalue weighted by molar-refractivity contribution is 7.15. The zero-order valence-corrected chi connectivity index (χ0v) is 18.0. The van der Waals surface area contributed by atoms with Crippen molar-refractivity contribution in [3.05, 3.63) is 105 Å². The van der Waals surface area contributed by atoms with E-state index in [1.165, 1.54) is 11.3 Å². The van der Waals surface area contributed by atoms with Crippen molar-refractivity contribution in [3.63, 3.8) is 0 Å². The fourth-order valence-corrected chi connectivity index (χ4v) is 5.36. The van der Waals surface area contributed by atoms with E-state index in [2.05, 4.69) is 0 Å². The van der Waals surface area contributed by atoms with Crippen molar-refractivity contribution in [1.82, 2.24) is 9.38 Å². The molecule has 0 saturated heterocycles. The molecular weight excluding hydrogens is 418 g/mol. The molecule has 0 aliphatic carbocycles. The Morgan fingerprint density at radius 1 is 0.781 bits per heavy atom. The van der Waals surface area contributed by atoms with Gasteiger partial charge >= 0.3 is 0 Å². The smallest absolute Gasteiger partial charge is 0.275 e. The van der Waals surface area contributed by atoms with E-state index in [-0.39, 0.29) is 11.5 Å². The lowest BCUT2D eigenvalue weighted by atomic mass is 10.0. The Bertz CT molecular complexity index is 1620. The maximum absolute atomic E-state index is 13.8. The van der Waals surface area contributed by atoms with E-state index in [9.17, 15) is 9.59 Å². The van der Waals surface area contributed by atoms with Crippen molar-refractivity contribution in [1.29, 1.82) is 0 Å². The van der Waals surface area contributed by atoms with Crippen molar-refractivity contribution < 1.29 is 4.79 Å². The molecule has 5 aromatic rings. The summed E-state index contributed by atoms with van der Waals surface area (Å²) >= 11 is 1.27. The lowest BCUT2D eigenvalue weighted by molar-refractivity contribution is -0.112. The average molecular weight is 436 g/mol. The summed E-state index contributed by atoms with van der Waals surface area (Å²) in [4.78, 5) is 33.9. The highest BCUT2D eigenvalue weighted by atomic mass is 32.1. The molecule has 0 unspecified atom stereocenters. The second-order valence-corrected chi connectivity index (χ2v) is 8.63. The number of anilines is 1. The van der Waals surface area contributed by atoms with Gasteiger partial charge in [0, 0.05) is 23.7 Å². The molecule has 1 aliphatic heterocycles. The highest BCUT2D eigenvalue weighted by Crippen LogP contribution is 2.35. The second kappa shape index (κ2) is 7.00. The van der Waals surface area contributed by atoms with Gasteiger partial charge in [-0.2, -0.15) is 0 Å². The van der Waals surface area contributed by atoms with E-state index >= 15 is 0 Å². The van der Waals surface area contributed by atoms with E-state index in [1.54, 1.807) is 16.3 Å². The minimum atomic E-state index is -0.216. The van der Waals surface area contributed by atoms with Gasteiger partial charge in [0.25, 0.3) is 11.5 Å². The van der Waals surface area contributed by atoms with Crippen LogP contribution < -0.4 is 15.0 Å². The fourth-order valence-electron chi connectivity index (χ4n) is 4.30. The molecule has 0 saturated carbocycles. The number of rotatable bonds is 2. The Hall–Kier alpha value is -4.03. The number of carbonyl (C=O) groups excluding carboxylic acids is 1. The second-order valence-electron chi connectivity index (χ2n) is 7.65. The number of nitrogens with zero attached hydrogens (tertiary/aromatic N) is 3. The molecule has 1 aliphatic rings. The summed E-state index contributed by atoms with van der Waals surface area (Å²) in [5.74, 6) is -0.169. The Morgan fingerprint density at radius 2 is 1.41 bits per heavy atom. The van der Waals surface area contributed by atoms with Crippen molar-refractivity contribution in [3.8, 4) is 22.5 Å². The standard InChI is InChI=1S/C26H17N3O2S/c1-28-19-15-9-8-14-18(19)20(24(28)30)23-25(31)29-22(17-12-6-3-7-13-17)21(27-26(29)32-23)16-10-4-2-5-11-16/h2-15H,1H3. The Kier molecular flexibility index (Phi) is 4.10. The summed E-state index contributed by atoms with van der Waals surface area (Å²) in [6.45, 7) is 0. The molecule has 0 fully saturated rings. The average Bonchev–Trinajstić information content (AvgIpc) is 3.45. The first kappa shape index (κ1) is 18.7. The predicted molar refractivity (Wildman–Crippen MR) is 128 cm³/mol. The monoisotopic (exact) mass is 435 g/mol. The third-order valence-electron chi connectivity index (χ3n) is 5.81. The molecule has 3 aromatic carbocycles. The van der Waals surface area contributed by atoms with Crippen LogP contribution in [0.3, 0.4) is 0 Å². The van der Waals surface area contributed by atoms with Crippen LogP contribution in [0.2, 0.25) is 0 Å². The summed E-state index contributed by atoms with van der Waals surface area (Å²) in [5, 5.41) is 0. The number of benzene rings is 3. The van der Waals surface area contributed by atoms with Crippen molar-refractivity contribution >= 4 is 33.5 Å². The van der Waals surface area contributed by atoms with Crippen LogP contribution in [-0.2, 0) is 4.79 Å². The van der Waals surface area contributed by atoms with Gasteiger partial charge in [0.1, 0.15) is 4.53 Å². The number of aromatic nitrogens is 2. The number of imidazole rings is 1. The van der Waals surface area contributed by atoms with Crippen LogP contribution in [0.1, 0.15) is 5.56 Å². The van der Waals surface area contributed by atoms with Gasteiger partial charge in [-0.05, 0) is 6.07 Å². The lowest BCUT2D eigenvalue weighted by Gasteiger charge is -2.07. The number of hydrogen-bond donors (Lipinski definition) is 0. The molecule has 0 radical (unpaired) electrons. The van der Waals surface area contributed by atoms with Crippen molar-refractivity contribution in [2.45, 2.75) is 0 Å². The molecule has 1 amide bonds. The summed E-state index contributed by atoms with van der Waals surface area (Å²) < 4.78 is 2.07. The van der Waals surface area contributed by atoms with E-state index in [0.717, 1.165) is 33.8 Å². The van der Waals surface area contributed by atoms with Gasteiger partial charge in [-0.15, -0.1) is 0 Å². The quantitative estimate of drug-likeness (QED) is 0.421. The highest BCUT2D eigenvalue weighted by Gasteiger charge is 2.32. The van der Waals surface area contributed by atoms with Crippen LogP contribution in [-0.4, -0.2) is 22.3 Å². The molecule has 0 atom stereocenters. The van der Waals surface area contributed by atoms with Crippen LogP contribution in [0.25, 0.3) is 33.0 Å². The number of likely N-dealkylation sites (N-methyl/N-ethyl adjacent to an activating group) is 1. The molecule has 0 spiro atoms. The van der Waals surface area contributed by atoms with Crippen LogP contribution in [0, 0.1) is 0 Å². The predicted octanol–water partition coefficient (Wildman–Crippen LogP) is 3.98. The third kappa shape index (κ3) is 2.60. The molecule has 5 nitrogen and oxygen atoms in total. The van der Waals surface area contributed by atoms with Crippen molar-refractivity contribution in [2.24, 2.45) is 0 Å². The van der Waals surface area contributed by atoms with Gasteiger partial charge in [-0.1, -0.05) is 90.2 Å². The van der Waals surface area contributed by atoms with Crippen LogP contribution in [0.4, 0.5) is 5.69 Å². The molecular formula is C26H17N3O2S. The van der Waals surface area contributed by atoms with Crippen molar-refractivity contribution in [2.75, 3.05) is 11.9 Å². The number of para-hydroxylation sites is 1. The number of carbonyl (C=O) groups is 1. The normalized spacial score (nSPS) is 14.9. The van der Waals surface area contributed by atoms with Gasteiger partial charge in [0.2, 0.25) is 0 Å². The molecule has 6 heteroatoms. The minimum absolute atomic E-state index is 0.169. The number of hydrogen-bond acceptors (Lipinski definition) is 4. The Morgan fingerprint density at radius 3 is 2.12 bits per heavy atom. The molecule has 2 aromatic heterocycles. The van der Waals surface area contributed by atoms with Gasteiger partial charge < -0.3 is 4.90 Å². The van der Waals surface area contributed by atoms with E-state index in [1.807, 2.05) is 84.9 Å². The van der Waals surface area contributed by atoms with Gasteiger partial charge in [-0.3, -0.25) is 9.59 Å². The van der Waals surface area contributed by atoms with Gasteiger partial charge in [-0.25, -0.2) is 9.38 Å². The van der Waals surface area contributed by atoms with Crippen LogP contribution >= 0.6 is 11.3 Å². The first-order valence-electron chi connectivity index (χ1n) is 10.2. The van der Waals surface area contributed by atoms with E-state index in [4.69, 9.17) is 4.98 Å². The maximum atomic E-state index is 13.8. The molecule has 0 N–H and O–H groups in total. The first-order valence-corrected chi connectivity index (χ1v) is 11.0. The molecule has 0 bridgehead atoms. The van der Waals surface area contributed by atoms with E-state index in [0.29, 0.717) is 15.1 Å². The zero-order chi connectivity index (χ0) is 21.8. The molecule has 154 valence electrons. The summed E-state index contributed by atoms with van der Waals surface area (Å²) in [7, 11) is 1.74. The van der Waals surface area contributed by atoms with Gasteiger partial charge in [0.05, 0.1) is 22.6 Å². The molecule has 32 heavy (non-hydrogen) atoms. The fraction of sp³-hybridized carbons (Fsp3) is 0.0385. The SMILES string of the molecule is CN1C(=O)C(=c2sc3nc(-c4ccccc4)c(-c4ccccc4)n3c2=O)c2ccccc21. The third-order valence-corrected chi connectivity index (χ3v) is 6.85. The lowest BCUT2D eigenvalue weighted by Crippen LogP contribution is -2.30. The molecule has 6 rings (SSSR count). The summed E-state index contributed by atoms with van der Waals surface area (Å²) in [5.41, 5.74) is 5.17. The summed E-state index contributed by atoms with van der Waals surface area (Å²) in [6.07, 6.45) is 0. The number of amides is 1. The van der Waals surface area contributed by atoms with Gasteiger partial charge in [0.15, 0.2) is 4.96 Å². The number of fused-ring (bicyclic) bond motifs is 2. The zero-order valence-electron chi connectivity index (χ0n) is 17.1. The molecule has 3 heterocycles. The van der Waals surface area contributed by atoms with Crippen LogP contribution in [0.5, 0.6) is 0 Å². The number of thiazole rings is 1. The minimum Gasteiger partial charge on any atom is -0.311 e. The first-order chi connectivity index (χ1) is 15.6. The van der Waals surface area contributed by atoms with E-state index < -0.39 is 0 Å². The summed E-state index contributed by atoms with van der Waals surface area (Å²) in [6, 6.07) is 27.2. The van der Waals surface area contributed by atoms with Crippen LogP contribution in [0.15, 0.2) is 89.7 Å². The largest absolute Gasteiger partial charge is 0.311 e. The Labute approximate surface area is 187 Å².